The van der Waals surface area contributed by atoms with Gasteiger partial charge in [0.05, 0.1) is 4.92 Å². The highest BCUT2D eigenvalue weighted by atomic mass is 35.5. The van der Waals surface area contributed by atoms with Crippen molar-refractivity contribution < 1.29 is 9.31 Å². The lowest BCUT2D eigenvalue weighted by Crippen LogP contribution is -2.07. The Bertz CT molecular complexity index is 675. The fraction of sp³-hybridized carbons (Fsp3) is 0.0909. The van der Waals surface area contributed by atoms with Gasteiger partial charge >= 0.3 is 5.69 Å². The molecule has 1 heterocycles. The maximum absolute atomic E-state index is 13.2. The lowest BCUT2D eigenvalue weighted by atomic mass is 10.3. The zero-order valence-electron chi connectivity index (χ0n) is 10.2. The number of rotatable bonds is 3. The van der Waals surface area contributed by atoms with Gasteiger partial charge in [0.1, 0.15) is 11.5 Å². The third-order valence-electron chi connectivity index (χ3n) is 2.38. The molecule has 0 unspecified atom stereocenters. The molecule has 9 heteroatoms. The molecule has 1 aromatic heterocycles. The Balaban J connectivity index is 2.49. The van der Waals surface area contributed by atoms with Gasteiger partial charge in [-0.1, -0.05) is 11.6 Å². The van der Waals surface area contributed by atoms with Gasteiger partial charge in [0.25, 0.3) is 0 Å². The Labute approximate surface area is 117 Å². The van der Waals surface area contributed by atoms with Crippen LogP contribution in [0, 0.1) is 22.9 Å². The molecule has 7 nitrogen and oxygen atoms in total. The van der Waals surface area contributed by atoms with Crippen LogP contribution in [0.3, 0.4) is 0 Å². The highest BCUT2D eigenvalue weighted by Crippen LogP contribution is 2.29. The van der Waals surface area contributed by atoms with Gasteiger partial charge in [0.15, 0.2) is 0 Å². The monoisotopic (exact) mass is 297 g/mol. The fourth-order valence-electron chi connectivity index (χ4n) is 1.66. The van der Waals surface area contributed by atoms with Gasteiger partial charge in [-0.25, -0.2) is 9.37 Å². The van der Waals surface area contributed by atoms with Crippen molar-refractivity contribution in [2.45, 2.75) is 6.92 Å². The van der Waals surface area contributed by atoms with Gasteiger partial charge in [0.2, 0.25) is 11.8 Å². The summed E-state index contributed by atoms with van der Waals surface area (Å²) >= 11 is 5.71. The second-order valence-corrected chi connectivity index (χ2v) is 4.34. The Kier molecular flexibility index (Phi) is 3.66. The molecular weight excluding hydrogens is 289 g/mol. The Morgan fingerprint density at radius 2 is 2.10 bits per heavy atom. The van der Waals surface area contributed by atoms with Crippen LogP contribution in [0.5, 0.6) is 0 Å². The molecular formula is C11H9ClFN5O2. The van der Waals surface area contributed by atoms with Gasteiger partial charge in [-0.2, -0.15) is 4.98 Å². The van der Waals surface area contributed by atoms with Crippen molar-refractivity contribution in [1.82, 2.24) is 9.97 Å². The normalized spacial score (nSPS) is 10.3. The number of aromatic nitrogens is 2. The highest BCUT2D eigenvalue weighted by Gasteiger charge is 2.21. The smallest absolute Gasteiger partial charge is 0.332 e. The molecule has 20 heavy (non-hydrogen) atoms. The second kappa shape index (κ2) is 5.25. The van der Waals surface area contributed by atoms with Crippen LogP contribution in [0.15, 0.2) is 18.2 Å². The molecule has 0 aliphatic heterocycles. The number of benzene rings is 1. The molecule has 104 valence electrons. The van der Waals surface area contributed by atoms with Crippen molar-refractivity contribution in [1.29, 1.82) is 0 Å². The molecule has 2 rings (SSSR count). The first-order valence-electron chi connectivity index (χ1n) is 5.38. The van der Waals surface area contributed by atoms with E-state index in [2.05, 4.69) is 15.3 Å². The number of nitrogens with one attached hydrogen (secondary N) is 1. The van der Waals surface area contributed by atoms with Gasteiger partial charge in [-0.3, -0.25) is 10.1 Å². The zero-order chi connectivity index (χ0) is 14.9. The van der Waals surface area contributed by atoms with Crippen LogP contribution in [0.25, 0.3) is 0 Å². The summed E-state index contributed by atoms with van der Waals surface area (Å²) in [5.74, 6) is -0.832. The third-order valence-corrected chi connectivity index (χ3v) is 2.60. The molecule has 2 aromatic rings. The second-order valence-electron chi connectivity index (χ2n) is 3.90. The molecule has 0 fully saturated rings. The van der Waals surface area contributed by atoms with Gasteiger partial charge in [-0.05, 0) is 25.1 Å². The Morgan fingerprint density at radius 1 is 1.40 bits per heavy atom. The molecule has 0 aliphatic rings. The number of nitrogens with two attached hydrogens (primary N) is 1. The Hall–Kier alpha value is -2.48. The summed E-state index contributed by atoms with van der Waals surface area (Å²) in [5.41, 5.74) is 5.45. The van der Waals surface area contributed by atoms with E-state index in [0.717, 1.165) is 12.1 Å². The van der Waals surface area contributed by atoms with E-state index in [1.165, 1.54) is 13.0 Å². The Morgan fingerprint density at radius 3 is 2.70 bits per heavy atom. The van der Waals surface area contributed by atoms with Crippen molar-refractivity contribution >= 4 is 34.7 Å². The summed E-state index contributed by atoms with van der Waals surface area (Å²) < 4.78 is 13.2. The van der Waals surface area contributed by atoms with Crippen LogP contribution in [0.2, 0.25) is 5.02 Å². The average Bonchev–Trinajstić information content (AvgIpc) is 2.25. The number of nitro groups is 1. The van der Waals surface area contributed by atoms with E-state index in [-0.39, 0.29) is 33.9 Å². The first-order chi connectivity index (χ1) is 9.36. The van der Waals surface area contributed by atoms with E-state index in [4.69, 9.17) is 17.3 Å². The SMILES string of the molecule is Cc1nc(N)nc(Nc2cc(F)cc(Cl)c2)c1[N+](=O)[O-]. The maximum Gasteiger partial charge on any atom is 0.332 e. The van der Waals surface area contributed by atoms with E-state index in [1.807, 2.05) is 0 Å². The molecule has 0 amide bonds. The number of hydrogen-bond donors (Lipinski definition) is 2. The lowest BCUT2D eigenvalue weighted by molar-refractivity contribution is -0.385. The van der Waals surface area contributed by atoms with Crippen LogP contribution in [-0.2, 0) is 0 Å². The largest absolute Gasteiger partial charge is 0.368 e. The highest BCUT2D eigenvalue weighted by molar-refractivity contribution is 6.30. The standard InChI is InChI=1S/C11H9ClFN5O2/c1-5-9(18(19)20)10(17-11(14)15-5)16-8-3-6(12)2-7(13)4-8/h2-4H,1H3,(H3,14,15,16,17). The summed E-state index contributed by atoms with van der Waals surface area (Å²) in [6.07, 6.45) is 0. The van der Waals surface area contributed by atoms with Gasteiger partial charge in [0, 0.05) is 10.7 Å². The van der Waals surface area contributed by atoms with Crippen molar-refractivity contribution in [3.63, 3.8) is 0 Å². The van der Waals surface area contributed by atoms with Crippen LogP contribution in [-0.4, -0.2) is 14.9 Å². The first kappa shape index (κ1) is 13.9. The number of nitrogens with zero attached hydrogens (tertiary/aromatic N) is 3. The topological polar surface area (TPSA) is 107 Å². The molecule has 0 saturated heterocycles. The summed E-state index contributed by atoms with van der Waals surface area (Å²) in [7, 11) is 0. The summed E-state index contributed by atoms with van der Waals surface area (Å²) in [4.78, 5) is 17.9. The molecule has 0 aliphatic carbocycles. The van der Waals surface area contributed by atoms with Crippen molar-refractivity contribution in [2.24, 2.45) is 0 Å². The maximum atomic E-state index is 13.2. The predicted octanol–water partition coefficient (Wildman–Crippen LogP) is 2.81. The van der Waals surface area contributed by atoms with E-state index in [9.17, 15) is 14.5 Å². The summed E-state index contributed by atoms with van der Waals surface area (Å²) in [6, 6.07) is 3.64. The lowest BCUT2D eigenvalue weighted by Gasteiger charge is -2.08. The van der Waals surface area contributed by atoms with E-state index in [1.54, 1.807) is 0 Å². The van der Waals surface area contributed by atoms with Crippen LogP contribution in [0.4, 0.5) is 27.5 Å². The number of hydrogen-bond acceptors (Lipinski definition) is 6. The molecule has 3 N–H and O–H groups in total. The van der Waals surface area contributed by atoms with Gasteiger partial charge < -0.3 is 11.1 Å². The molecule has 0 atom stereocenters. The summed E-state index contributed by atoms with van der Waals surface area (Å²) in [5, 5.41) is 13.8. The van der Waals surface area contributed by atoms with Gasteiger partial charge in [-0.15, -0.1) is 0 Å². The number of anilines is 3. The summed E-state index contributed by atoms with van der Waals surface area (Å²) in [6.45, 7) is 1.43. The molecule has 0 bridgehead atoms. The van der Waals surface area contributed by atoms with Crippen LogP contribution in [0.1, 0.15) is 5.69 Å². The minimum atomic E-state index is -0.641. The molecule has 0 saturated carbocycles. The quantitative estimate of drug-likeness (QED) is 0.666. The van der Waals surface area contributed by atoms with E-state index in [0.29, 0.717) is 0 Å². The van der Waals surface area contributed by atoms with Crippen LogP contribution < -0.4 is 11.1 Å². The number of nitrogen functional groups attached to an aromatic ring is 1. The van der Waals surface area contributed by atoms with Crippen molar-refractivity contribution in [3.05, 3.63) is 44.8 Å². The van der Waals surface area contributed by atoms with Crippen molar-refractivity contribution in [2.75, 3.05) is 11.1 Å². The number of halogens is 2. The molecule has 0 spiro atoms. The predicted molar refractivity (Wildman–Crippen MR) is 72.5 cm³/mol. The molecule has 1 aromatic carbocycles. The number of aryl methyl sites for hydroxylation is 1. The fourth-order valence-corrected chi connectivity index (χ4v) is 1.88. The van der Waals surface area contributed by atoms with E-state index < -0.39 is 10.7 Å². The zero-order valence-corrected chi connectivity index (χ0v) is 11.0. The third kappa shape index (κ3) is 2.91. The van der Waals surface area contributed by atoms with E-state index >= 15 is 0 Å². The minimum absolute atomic E-state index is 0.104. The average molecular weight is 298 g/mol. The minimum Gasteiger partial charge on any atom is -0.368 e. The first-order valence-corrected chi connectivity index (χ1v) is 5.76. The van der Waals surface area contributed by atoms with Crippen molar-refractivity contribution in [3.8, 4) is 0 Å². The molecule has 0 radical (unpaired) electrons. The van der Waals surface area contributed by atoms with Crippen LogP contribution >= 0.6 is 11.6 Å².